The first-order valence-corrected chi connectivity index (χ1v) is 7.06. The number of hydrogen-bond donors (Lipinski definition) is 2. The van der Waals surface area contributed by atoms with E-state index in [1.165, 1.54) is 12.8 Å². The van der Waals surface area contributed by atoms with Crippen molar-refractivity contribution < 1.29 is 4.79 Å². The Morgan fingerprint density at radius 1 is 1.40 bits per heavy atom. The summed E-state index contributed by atoms with van der Waals surface area (Å²) in [5, 5.41) is 3.15. The van der Waals surface area contributed by atoms with Gasteiger partial charge in [0.05, 0.1) is 18.3 Å². The summed E-state index contributed by atoms with van der Waals surface area (Å²) < 4.78 is 0. The fourth-order valence-corrected chi connectivity index (χ4v) is 2.75. The van der Waals surface area contributed by atoms with Gasteiger partial charge in [0.25, 0.3) is 0 Å². The number of nitrogens with one attached hydrogen (secondary N) is 1. The van der Waals surface area contributed by atoms with Crippen molar-refractivity contribution in [2.24, 2.45) is 11.8 Å². The lowest BCUT2D eigenvalue weighted by molar-refractivity contribution is -0.121. The number of carbonyl (C=O) groups is 1. The molecule has 1 amide bonds. The van der Waals surface area contributed by atoms with E-state index in [9.17, 15) is 4.79 Å². The van der Waals surface area contributed by atoms with Gasteiger partial charge < -0.3 is 11.1 Å². The van der Waals surface area contributed by atoms with E-state index < -0.39 is 0 Å². The molecule has 4 nitrogen and oxygen atoms in total. The highest BCUT2D eigenvalue weighted by Gasteiger charge is 2.28. The van der Waals surface area contributed by atoms with Crippen LogP contribution in [0.1, 0.15) is 38.8 Å². The molecule has 3 unspecified atom stereocenters. The van der Waals surface area contributed by atoms with E-state index in [0.29, 0.717) is 30.0 Å². The molecule has 1 aliphatic carbocycles. The quantitative estimate of drug-likeness (QED) is 0.901. The highest BCUT2D eigenvalue weighted by atomic mass is 35.5. The Balaban J connectivity index is 0.00000200. The van der Waals surface area contributed by atoms with Crippen molar-refractivity contribution in [2.75, 3.05) is 5.73 Å². The molecule has 0 bridgehead atoms. The standard InChI is InChI=1S/C15H23N3O.ClH/c1-10-4-3-5-14(11(10)2)18-15(19)8-13-7-6-12(16)9-17-13;/h6-7,9-11,14H,3-5,8,16H2,1-2H3,(H,18,19);1H. The lowest BCUT2D eigenvalue weighted by atomic mass is 9.78. The number of nitrogens with two attached hydrogens (primary N) is 1. The molecular formula is C15H24ClN3O. The number of carbonyl (C=O) groups excluding carboxylic acids is 1. The number of pyridine rings is 1. The van der Waals surface area contributed by atoms with Crippen LogP contribution in [0.5, 0.6) is 0 Å². The summed E-state index contributed by atoms with van der Waals surface area (Å²) in [4.78, 5) is 16.2. The second kappa shape index (κ2) is 7.48. The molecule has 1 fully saturated rings. The minimum Gasteiger partial charge on any atom is -0.397 e. The summed E-state index contributed by atoms with van der Waals surface area (Å²) in [5.74, 6) is 1.30. The summed E-state index contributed by atoms with van der Waals surface area (Å²) in [7, 11) is 0. The number of aromatic nitrogens is 1. The van der Waals surface area contributed by atoms with Crippen molar-refractivity contribution >= 4 is 24.0 Å². The van der Waals surface area contributed by atoms with Gasteiger partial charge >= 0.3 is 0 Å². The molecule has 3 atom stereocenters. The predicted octanol–water partition coefficient (Wildman–Crippen LogP) is 2.57. The molecule has 1 heterocycles. The summed E-state index contributed by atoms with van der Waals surface area (Å²) >= 11 is 0. The molecule has 0 saturated heterocycles. The van der Waals surface area contributed by atoms with E-state index in [0.717, 1.165) is 12.1 Å². The molecule has 20 heavy (non-hydrogen) atoms. The predicted molar refractivity (Wildman–Crippen MR) is 83.7 cm³/mol. The van der Waals surface area contributed by atoms with E-state index in [-0.39, 0.29) is 18.3 Å². The monoisotopic (exact) mass is 297 g/mol. The van der Waals surface area contributed by atoms with Crippen LogP contribution in [-0.4, -0.2) is 16.9 Å². The first-order valence-electron chi connectivity index (χ1n) is 7.06. The largest absolute Gasteiger partial charge is 0.397 e. The van der Waals surface area contributed by atoms with Gasteiger partial charge in [0.1, 0.15) is 0 Å². The molecule has 0 aromatic carbocycles. The van der Waals surface area contributed by atoms with Crippen LogP contribution in [0, 0.1) is 11.8 Å². The molecule has 1 aromatic rings. The maximum Gasteiger partial charge on any atom is 0.226 e. The van der Waals surface area contributed by atoms with Crippen LogP contribution < -0.4 is 11.1 Å². The summed E-state index contributed by atoms with van der Waals surface area (Å²) in [6.07, 6.45) is 5.49. The number of rotatable bonds is 3. The van der Waals surface area contributed by atoms with Crippen LogP contribution in [0.2, 0.25) is 0 Å². The molecule has 2 rings (SSSR count). The highest BCUT2D eigenvalue weighted by molar-refractivity contribution is 5.85. The van der Waals surface area contributed by atoms with Gasteiger partial charge in [-0.15, -0.1) is 12.4 Å². The van der Waals surface area contributed by atoms with Crippen molar-refractivity contribution in [3.63, 3.8) is 0 Å². The van der Waals surface area contributed by atoms with Gasteiger partial charge in [-0.25, -0.2) is 0 Å². The molecule has 1 aromatic heterocycles. The zero-order chi connectivity index (χ0) is 13.8. The Morgan fingerprint density at radius 3 is 2.80 bits per heavy atom. The van der Waals surface area contributed by atoms with E-state index in [1.807, 2.05) is 6.07 Å². The molecule has 112 valence electrons. The van der Waals surface area contributed by atoms with Crippen molar-refractivity contribution in [2.45, 2.75) is 45.6 Å². The van der Waals surface area contributed by atoms with Crippen LogP contribution in [-0.2, 0) is 11.2 Å². The molecule has 3 N–H and O–H groups in total. The molecule has 0 radical (unpaired) electrons. The third kappa shape index (κ3) is 4.37. The molecule has 1 aliphatic rings. The maximum absolute atomic E-state index is 12.0. The summed E-state index contributed by atoms with van der Waals surface area (Å²) in [6.45, 7) is 4.50. The Bertz CT molecular complexity index is 435. The number of amides is 1. The topological polar surface area (TPSA) is 68.0 Å². The maximum atomic E-state index is 12.0. The smallest absolute Gasteiger partial charge is 0.226 e. The van der Waals surface area contributed by atoms with Crippen LogP contribution in [0.4, 0.5) is 5.69 Å². The van der Waals surface area contributed by atoms with Gasteiger partial charge in [0.15, 0.2) is 0 Å². The number of nitrogens with zero attached hydrogens (tertiary/aromatic N) is 1. The van der Waals surface area contributed by atoms with Crippen molar-refractivity contribution in [1.82, 2.24) is 10.3 Å². The first kappa shape index (κ1) is 16.8. The van der Waals surface area contributed by atoms with E-state index >= 15 is 0 Å². The van der Waals surface area contributed by atoms with Crippen LogP contribution >= 0.6 is 12.4 Å². The van der Waals surface area contributed by atoms with Gasteiger partial charge in [-0.2, -0.15) is 0 Å². The van der Waals surface area contributed by atoms with Crippen LogP contribution in [0.3, 0.4) is 0 Å². The Labute approximate surface area is 126 Å². The Morgan fingerprint density at radius 2 is 2.15 bits per heavy atom. The molecular weight excluding hydrogens is 274 g/mol. The molecule has 0 aliphatic heterocycles. The summed E-state index contributed by atoms with van der Waals surface area (Å²) in [6, 6.07) is 3.90. The minimum absolute atomic E-state index is 0. The number of halogens is 1. The van der Waals surface area contributed by atoms with E-state index in [1.54, 1.807) is 12.3 Å². The summed E-state index contributed by atoms with van der Waals surface area (Å²) in [5.41, 5.74) is 6.97. The van der Waals surface area contributed by atoms with Gasteiger partial charge in [-0.3, -0.25) is 9.78 Å². The van der Waals surface area contributed by atoms with Crippen LogP contribution in [0.15, 0.2) is 18.3 Å². The van der Waals surface area contributed by atoms with Crippen molar-refractivity contribution in [1.29, 1.82) is 0 Å². The third-order valence-electron chi connectivity index (χ3n) is 4.24. The van der Waals surface area contributed by atoms with E-state index in [2.05, 4.69) is 24.1 Å². The fourth-order valence-electron chi connectivity index (χ4n) is 2.75. The zero-order valence-electron chi connectivity index (χ0n) is 12.1. The van der Waals surface area contributed by atoms with Gasteiger partial charge in [-0.1, -0.05) is 26.7 Å². The third-order valence-corrected chi connectivity index (χ3v) is 4.24. The van der Waals surface area contributed by atoms with E-state index in [4.69, 9.17) is 5.73 Å². The Hall–Kier alpha value is -1.29. The highest BCUT2D eigenvalue weighted by Crippen LogP contribution is 2.29. The number of anilines is 1. The molecule has 0 spiro atoms. The zero-order valence-corrected chi connectivity index (χ0v) is 13.0. The first-order chi connectivity index (χ1) is 9.06. The van der Waals surface area contributed by atoms with Crippen LogP contribution in [0.25, 0.3) is 0 Å². The average molecular weight is 298 g/mol. The number of hydrogen-bond acceptors (Lipinski definition) is 3. The second-order valence-electron chi connectivity index (χ2n) is 5.70. The minimum atomic E-state index is 0. The van der Waals surface area contributed by atoms with Crippen molar-refractivity contribution in [3.8, 4) is 0 Å². The van der Waals surface area contributed by atoms with Gasteiger partial charge in [0, 0.05) is 11.7 Å². The second-order valence-corrected chi connectivity index (χ2v) is 5.70. The fraction of sp³-hybridized carbons (Fsp3) is 0.600. The van der Waals surface area contributed by atoms with Gasteiger partial charge in [0.2, 0.25) is 5.91 Å². The average Bonchev–Trinajstić information content (AvgIpc) is 2.38. The lowest BCUT2D eigenvalue weighted by Gasteiger charge is -2.34. The molecule has 5 heteroatoms. The Kier molecular flexibility index (Phi) is 6.27. The lowest BCUT2D eigenvalue weighted by Crippen LogP contribution is -2.44. The molecule has 1 saturated carbocycles. The van der Waals surface area contributed by atoms with Gasteiger partial charge in [-0.05, 0) is 30.4 Å². The SMILES string of the molecule is CC1CCCC(NC(=O)Cc2ccc(N)cn2)C1C.Cl. The normalized spacial score (nSPS) is 25.6. The number of nitrogen functional groups attached to an aromatic ring is 1. The van der Waals surface area contributed by atoms with Crippen molar-refractivity contribution in [3.05, 3.63) is 24.0 Å².